The first-order valence-electron chi connectivity index (χ1n) is 5.53. The van der Waals surface area contributed by atoms with Crippen molar-refractivity contribution < 1.29 is 14.6 Å². The fourth-order valence-corrected chi connectivity index (χ4v) is 2.32. The molecule has 0 aromatic heterocycles. The van der Waals surface area contributed by atoms with Gasteiger partial charge in [0.05, 0.1) is 11.1 Å². The molecular formula is C12H14BrClO3. The van der Waals surface area contributed by atoms with Crippen molar-refractivity contribution in [1.82, 2.24) is 0 Å². The van der Waals surface area contributed by atoms with Crippen molar-refractivity contribution in [3.63, 3.8) is 0 Å². The Labute approximate surface area is 114 Å². The Morgan fingerprint density at radius 3 is 2.94 bits per heavy atom. The lowest BCUT2D eigenvalue weighted by Crippen LogP contribution is -2.55. The molecule has 0 aliphatic heterocycles. The summed E-state index contributed by atoms with van der Waals surface area (Å²) in [5.41, 5.74) is 0. The molecule has 1 aliphatic carbocycles. The fourth-order valence-electron chi connectivity index (χ4n) is 1.81. The molecule has 2 rings (SSSR count). The molecule has 1 N–H and O–H groups in total. The van der Waals surface area contributed by atoms with Gasteiger partial charge in [-0.05, 0) is 25.1 Å². The van der Waals surface area contributed by atoms with Gasteiger partial charge in [0.1, 0.15) is 18.0 Å². The number of halogens is 2. The van der Waals surface area contributed by atoms with Crippen LogP contribution in [0, 0.1) is 0 Å². The predicted molar refractivity (Wildman–Crippen MR) is 69.6 cm³/mol. The third-order valence-corrected chi connectivity index (χ3v) is 3.56. The molecule has 0 saturated heterocycles. The summed E-state index contributed by atoms with van der Waals surface area (Å²) in [5, 5.41) is 10.1. The Balaban J connectivity index is 2.03. The van der Waals surface area contributed by atoms with E-state index in [0.29, 0.717) is 23.8 Å². The van der Waals surface area contributed by atoms with Crippen molar-refractivity contribution in [2.75, 3.05) is 6.61 Å². The molecule has 1 aliphatic rings. The molecule has 17 heavy (non-hydrogen) atoms. The highest BCUT2D eigenvalue weighted by Gasteiger charge is 2.42. The molecular weight excluding hydrogens is 307 g/mol. The summed E-state index contributed by atoms with van der Waals surface area (Å²) in [6.07, 6.45) is -0.245. The van der Waals surface area contributed by atoms with Gasteiger partial charge in [0.25, 0.3) is 0 Å². The Morgan fingerprint density at radius 1 is 1.53 bits per heavy atom. The van der Waals surface area contributed by atoms with Gasteiger partial charge in [-0.25, -0.2) is 0 Å². The van der Waals surface area contributed by atoms with E-state index in [1.165, 1.54) is 0 Å². The average molecular weight is 322 g/mol. The van der Waals surface area contributed by atoms with Gasteiger partial charge in [0, 0.05) is 17.5 Å². The van der Waals surface area contributed by atoms with E-state index in [0.717, 1.165) is 4.47 Å². The van der Waals surface area contributed by atoms with Crippen molar-refractivity contribution >= 4 is 27.5 Å². The second-order valence-electron chi connectivity index (χ2n) is 3.95. The monoisotopic (exact) mass is 320 g/mol. The second kappa shape index (κ2) is 5.57. The number of aliphatic hydroxyl groups is 1. The number of aliphatic hydroxyl groups excluding tert-OH is 1. The molecule has 5 heteroatoms. The van der Waals surface area contributed by atoms with Crippen LogP contribution in [0.2, 0.25) is 5.02 Å². The first-order valence-corrected chi connectivity index (χ1v) is 6.70. The van der Waals surface area contributed by atoms with Crippen LogP contribution in [-0.4, -0.2) is 30.0 Å². The fraction of sp³-hybridized carbons (Fsp3) is 0.500. The summed E-state index contributed by atoms with van der Waals surface area (Å²) >= 11 is 9.40. The smallest absolute Gasteiger partial charge is 0.139 e. The van der Waals surface area contributed by atoms with E-state index >= 15 is 0 Å². The van der Waals surface area contributed by atoms with Crippen LogP contribution < -0.4 is 4.74 Å². The molecule has 0 radical (unpaired) electrons. The van der Waals surface area contributed by atoms with Crippen LogP contribution in [0.25, 0.3) is 0 Å². The van der Waals surface area contributed by atoms with Crippen LogP contribution in [0.5, 0.6) is 5.75 Å². The molecule has 0 spiro atoms. The minimum absolute atomic E-state index is 0.128. The van der Waals surface area contributed by atoms with Crippen molar-refractivity contribution in [2.45, 2.75) is 31.7 Å². The number of hydrogen-bond donors (Lipinski definition) is 1. The highest BCUT2D eigenvalue weighted by atomic mass is 79.9. The summed E-state index contributed by atoms with van der Waals surface area (Å²) in [5.74, 6) is 0.614. The minimum atomic E-state index is -0.439. The predicted octanol–water partition coefficient (Wildman–Crippen LogP) is 3.02. The van der Waals surface area contributed by atoms with Crippen molar-refractivity contribution in [1.29, 1.82) is 0 Å². The Hall–Kier alpha value is -0.290. The van der Waals surface area contributed by atoms with Gasteiger partial charge in [0.15, 0.2) is 0 Å². The van der Waals surface area contributed by atoms with E-state index in [2.05, 4.69) is 15.9 Å². The molecule has 3 atom stereocenters. The van der Waals surface area contributed by atoms with Crippen LogP contribution in [0.4, 0.5) is 0 Å². The van der Waals surface area contributed by atoms with Gasteiger partial charge in [-0.1, -0.05) is 27.5 Å². The molecule has 1 saturated carbocycles. The molecule has 0 heterocycles. The zero-order chi connectivity index (χ0) is 12.4. The van der Waals surface area contributed by atoms with E-state index in [4.69, 9.17) is 21.1 Å². The SMILES string of the molecule is CCOC1C(O)CC1Oc1cc(Br)ccc1Cl. The molecule has 3 nitrogen and oxygen atoms in total. The third-order valence-electron chi connectivity index (χ3n) is 2.75. The maximum atomic E-state index is 9.56. The Kier molecular flexibility index (Phi) is 4.31. The topological polar surface area (TPSA) is 38.7 Å². The summed E-state index contributed by atoms with van der Waals surface area (Å²) < 4.78 is 12.1. The number of rotatable bonds is 4. The van der Waals surface area contributed by atoms with Crippen LogP contribution in [0.1, 0.15) is 13.3 Å². The van der Waals surface area contributed by atoms with Crippen LogP contribution in [0.3, 0.4) is 0 Å². The van der Waals surface area contributed by atoms with Gasteiger partial charge in [-0.3, -0.25) is 0 Å². The van der Waals surface area contributed by atoms with Gasteiger partial charge >= 0.3 is 0 Å². The normalized spacial score (nSPS) is 27.6. The lowest BCUT2D eigenvalue weighted by molar-refractivity contribution is -0.160. The van der Waals surface area contributed by atoms with Gasteiger partial charge < -0.3 is 14.6 Å². The van der Waals surface area contributed by atoms with Crippen molar-refractivity contribution in [3.05, 3.63) is 27.7 Å². The quantitative estimate of drug-likeness (QED) is 0.926. The zero-order valence-electron chi connectivity index (χ0n) is 9.40. The van der Waals surface area contributed by atoms with Crippen LogP contribution in [0.15, 0.2) is 22.7 Å². The van der Waals surface area contributed by atoms with E-state index in [1.54, 1.807) is 6.07 Å². The standard InChI is InChI=1S/C12H14BrClO3/c1-2-16-12-9(15)6-11(12)17-10-5-7(13)3-4-8(10)14/h3-5,9,11-12,15H,2,6H2,1H3. The first-order chi connectivity index (χ1) is 8.11. The molecule has 0 bridgehead atoms. The van der Waals surface area contributed by atoms with Crippen molar-refractivity contribution in [3.8, 4) is 5.75 Å². The van der Waals surface area contributed by atoms with E-state index in [9.17, 15) is 5.11 Å². The average Bonchev–Trinajstić information content (AvgIpc) is 2.30. The van der Waals surface area contributed by atoms with Gasteiger partial charge in [-0.2, -0.15) is 0 Å². The first kappa shape index (κ1) is 13.1. The van der Waals surface area contributed by atoms with Crippen LogP contribution in [-0.2, 0) is 4.74 Å². The molecule has 1 aromatic carbocycles. The number of ether oxygens (including phenoxy) is 2. The maximum Gasteiger partial charge on any atom is 0.139 e. The Bertz CT molecular complexity index is 399. The molecule has 1 aromatic rings. The second-order valence-corrected chi connectivity index (χ2v) is 5.28. The molecule has 3 unspecified atom stereocenters. The third kappa shape index (κ3) is 2.94. The molecule has 1 fully saturated rings. The Morgan fingerprint density at radius 2 is 2.29 bits per heavy atom. The largest absolute Gasteiger partial charge is 0.486 e. The minimum Gasteiger partial charge on any atom is -0.486 e. The zero-order valence-corrected chi connectivity index (χ0v) is 11.7. The summed E-state index contributed by atoms with van der Waals surface area (Å²) in [4.78, 5) is 0. The van der Waals surface area contributed by atoms with Gasteiger partial charge in [0.2, 0.25) is 0 Å². The van der Waals surface area contributed by atoms with Gasteiger partial charge in [-0.15, -0.1) is 0 Å². The van der Waals surface area contributed by atoms with Crippen molar-refractivity contribution in [2.24, 2.45) is 0 Å². The van der Waals surface area contributed by atoms with E-state index in [1.807, 2.05) is 19.1 Å². The van der Waals surface area contributed by atoms with E-state index < -0.39 is 6.10 Å². The highest BCUT2D eigenvalue weighted by Crippen LogP contribution is 2.34. The summed E-state index contributed by atoms with van der Waals surface area (Å²) in [6, 6.07) is 5.44. The number of benzene rings is 1. The lowest BCUT2D eigenvalue weighted by atomic mass is 9.88. The highest BCUT2D eigenvalue weighted by molar-refractivity contribution is 9.10. The molecule has 0 amide bonds. The van der Waals surface area contributed by atoms with E-state index in [-0.39, 0.29) is 12.2 Å². The number of hydrogen-bond acceptors (Lipinski definition) is 3. The lowest BCUT2D eigenvalue weighted by Gasteiger charge is -2.40. The molecule has 94 valence electrons. The maximum absolute atomic E-state index is 9.56. The summed E-state index contributed by atoms with van der Waals surface area (Å²) in [6.45, 7) is 2.46. The van der Waals surface area contributed by atoms with Crippen LogP contribution >= 0.6 is 27.5 Å². The summed E-state index contributed by atoms with van der Waals surface area (Å²) in [7, 11) is 0.